The number of thioether (sulfide) groups is 1. The molecule has 2 N–H and O–H groups in total. The maximum Gasteiger partial charge on any atom is 0.238 e. The lowest BCUT2D eigenvalue weighted by Gasteiger charge is -2.19. The van der Waals surface area contributed by atoms with E-state index in [1.54, 1.807) is 11.8 Å². The van der Waals surface area contributed by atoms with Crippen molar-refractivity contribution in [3.8, 4) is 0 Å². The van der Waals surface area contributed by atoms with Gasteiger partial charge in [0, 0.05) is 10.6 Å². The summed E-state index contributed by atoms with van der Waals surface area (Å²) in [6, 6.07) is 28.2. The average molecular weight is 362 g/mol. The first-order chi connectivity index (χ1) is 12.8. The molecule has 0 atom stereocenters. The Labute approximate surface area is 158 Å². The predicted molar refractivity (Wildman–Crippen MR) is 110 cm³/mol. The van der Waals surface area contributed by atoms with Gasteiger partial charge in [0.05, 0.1) is 12.6 Å². The standard InChI is InChI=1S/C22H22N2OS/c1-26-20-14-8-13-19(15-20)24-21(25)16-23-22(17-9-4-2-5-10-17)18-11-6-3-7-12-18/h2-15,22-23H,16H2,1H3,(H,24,25). The van der Waals surface area contributed by atoms with Crippen molar-refractivity contribution in [2.45, 2.75) is 10.9 Å². The lowest BCUT2D eigenvalue weighted by Crippen LogP contribution is -2.31. The third-order valence-corrected chi connectivity index (χ3v) is 4.81. The molecule has 0 saturated heterocycles. The molecular formula is C22H22N2OS. The van der Waals surface area contributed by atoms with Gasteiger partial charge in [-0.3, -0.25) is 10.1 Å². The van der Waals surface area contributed by atoms with Crippen LogP contribution in [0, 0.1) is 0 Å². The van der Waals surface area contributed by atoms with Gasteiger partial charge in [0.1, 0.15) is 0 Å². The second kappa shape index (κ2) is 9.22. The summed E-state index contributed by atoms with van der Waals surface area (Å²) < 4.78 is 0. The molecule has 0 bridgehead atoms. The molecule has 3 aromatic carbocycles. The normalized spacial score (nSPS) is 10.7. The lowest BCUT2D eigenvalue weighted by atomic mass is 9.99. The van der Waals surface area contributed by atoms with Crippen molar-refractivity contribution in [2.75, 3.05) is 18.1 Å². The highest BCUT2D eigenvalue weighted by molar-refractivity contribution is 7.98. The summed E-state index contributed by atoms with van der Waals surface area (Å²) in [6.07, 6.45) is 2.02. The number of nitrogens with one attached hydrogen (secondary N) is 2. The Bertz CT molecular complexity index is 798. The molecule has 4 heteroatoms. The summed E-state index contributed by atoms with van der Waals surface area (Å²) >= 11 is 1.66. The molecule has 3 aromatic rings. The molecule has 0 unspecified atom stereocenters. The minimum Gasteiger partial charge on any atom is -0.325 e. The number of amides is 1. The molecule has 0 radical (unpaired) electrons. The van der Waals surface area contributed by atoms with Crippen molar-refractivity contribution >= 4 is 23.4 Å². The van der Waals surface area contributed by atoms with Crippen molar-refractivity contribution < 1.29 is 4.79 Å². The monoisotopic (exact) mass is 362 g/mol. The van der Waals surface area contributed by atoms with Gasteiger partial charge >= 0.3 is 0 Å². The first-order valence-electron chi connectivity index (χ1n) is 8.53. The highest BCUT2D eigenvalue weighted by atomic mass is 32.2. The van der Waals surface area contributed by atoms with Crippen LogP contribution in [0.15, 0.2) is 89.8 Å². The van der Waals surface area contributed by atoms with Crippen LogP contribution in [-0.4, -0.2) is 18.7 Å². The number of anilines is 1. The quantitative estimate of drug-likeness (QED) is 0.597. The molecule has 132 valence electrons. The van der Waals surface area contributed by atoms with E-state index in [1.807, 2.05) is 66.9 Å². The third-order valence-electron chi connectivity index (χ3n) is 4.09. The molecule has 0 aromatic heterocycles. The van der Waals surface area contributed by atoms with Crippen LogP contribution in [0.2, 0.25) is 0 Å². The van der Waals surface area contributed by atoms with Crippen LogP contribution < -0.4 is 10.6 Å². The van der Waals surface area contributed by atoms with E-state index in [4.69, 9.17) is 0 Å². The fraction of sp³-hybridized carbons (Fsp3) is 0.136. The van der Waals surface area contributed by atoms with Gasteiger partial charge in [-0.2, -0.15) is 0 Å². The fourth-order valence-corrected chi connectivity index (χ4v) is 3.28. The fourth-order valence-electron chi connectivity index (χ4n) is 2.82. The van der Waals surface area contributed by atoms with E-state index in [0.717, 1.165) is 21.7 Å². The molecule has 0 aliphatic rings. The Morgan fingerprint density at radius 3 is 2.08 bits per heavy atom. The Morgan fingerprint density at radius 1 is 0.885 bits per heavy atom. The summed E-state index contributed by atoms with van der Waals surface area (Å²) in [5, 5.41) is 6.34. The third kappa shape index (κ3) is 4.97. The first-order valence-corrected chi connectivity index (χ1v) is 9.76. The van der Waals surface area contributed by atoms with Crippen LogP contribution in [0.1, 0.15) is 17.2 Å². The van der Waals surface area contributed by atoms with Crippen LogP contribution in [0.3, 0.4) is 0 Å². The number of carbonyl (C=O) groups is 1. The summed E-state index contributed by atoms with van der Waals surface area (Å²) in [4.78, 5) is 13.5. The second-order valence-corrected chi connectivity index (χ2v) is 6.80. The lowest BCUT2D eigenvalue weighted by molar-refractivity contribution is -0.115. The minimum absolute atomic E-state index is 0.0271. The highest BCUT2D eigenvalue weighted by Crippen LogP contribution is 2.22. The molecule has 0 heterocycles. The molecule has 0 saturated carbocycles. The summed E-state index contributed by atoms with van der Waals surface area (Å²) in [7, 11) is 0. The van der Waals surface area contributed by atoms with Crippen LogP contribution in [0.25, 0.3) is 0 Å². The highest BCUT2D eigenvalue weighted by Gasteiger charge is 2.14. The first kappa shape index (κ1) is 18.2. The molecule has 1 amide bonds. The molecular weight excluding hydrogens is 340 g/mol. The minimum atomic E-state index is -0.0554. The van der Waals surface area contributed by atoms with Crippen molar-refractivity contribution in [1.29, 1.82) is 0 Å². The Balaban J connectivity index is 1.68. The maximum absolute atomic E-state index is 12.4. The second-order valence-electron chi connectivity index (χ2n) is 5.92. The Hall–Kier alpha value is -2.56. The van der Waals surface area contributed by atoms with E-state index in [2.05, 4.69) is 34.9 Å². The molecule has 0 aliphatic heterocycles. The zero-order valence-electron chi connectivity index (χ0n) is 14.7. The van der Waals surface area contributed by atoms with Gasteiger partial charge in [-0.25, -0.2) is 0 Å². The van der Waals surface area contributed by atoms with E-state index in [0.29, 0.717) is 0 Å². The number of benzene rings is 3. The van der Waals surface area contributed by atoms with E-state index < -0.39 is 0 Å². The molecule has 0 aliphatic carbocycles. The maximum atomic E-state index is 12.4. The largest absolute Gasteiger partial charge is 0.325 e. The molecule has 0 fully saturated rings. The number of carbonyl (C=O) groups excluding carboxylic acids is 1. The van der Waals surface area contributed by atoms with Crippen molar-refractivity contribution in [1.82, 2.24) is 5.32 Å². The van der Waals surface area contributed by atoms with Gasteiger partial charge < -0.3 is 5.32 Å². The number of hydrogen-bond acceptors (Lipinski definition) is 3. The molecule has 26 heavy (non-hydrogen) atoms. The Kier molecular flexibility index (Phi) is 6.47. The smallest absolute Gasteiger partial charge is 0.238 e. The molecule has 3 nitrogen and oxygen atoms in total. The predicted octanol–water partition coefficient (Wildman–Crippen LogP) is 4.73. The van der Waals surface area contributed by atoms with E-state index in [-0.39, 0.29) is 18.5 Å². The van der Waals surface area contributed by atoms with Gasteiger partial charge in [-0.15, -0.1) is 11.8 Å². The van der Waals surface area contributed by atoms with Crippen molar-refractivity contribution in [3.05, 3.63) is 96.1 Å². The van der Waals surface area contributed by atoms with E-state index >= 15 is 0 Å². The number of hydrogen-bond donors (Lipinski definition) is 2. The van der Waals surface area contributed by atoms with Crippen LogP contribution in [0.5, 0.6) is 0 Å². The Morgan fingerprint density at radius 2 is 1.50 bits per heavy atom. The van der Waals surface area contributed by atoms with Crippen LogP contribution >= 0.6 is 11.8 Å². The molecule has 3 rings (SSSR count). The summed E-state index contributed by atoms with van der Waals surface area (Å²) in [6.45, 7) is 0.234. The van der Waals surface area contributed by atoms with Gasteiger partial charge in [-0.05, 0) is 35.6 Å². The van der Waals surface area contributed by atoms with Crippen molar-refractivity contribution in [3.63, 3.8) is 0 Å². The SMILES string of the molecule is CSc1cccc(NC(=O)CNC(c2ccccc2)c2ccccc2)c1. The average Bonchev–Trinajstić information content (AvgIpc) is 2.70. The van der Waals surface area contributed by atoms with Crippen LogP contribution in [-0.2, 0) is 4.79 Å². The van der Waals surface area contributed by atoms with Gasteiger partial charge in [0.15, 0.2) is 0 Å². The summed E-state index contributed by atoms with van der Waals surface area (Å²) in [5.41, 5.74) is 3.09. The van der Waals surface area contributed by atoms with Gasteiger partial charge in [0.2, 0.25) is 5.91 Å². The zero-order valence-corrected chi connectivity index (χ0v) is 15.5. The van der Waals surface area contributed by atoms with Crippen LogP contribution in [0.4, 0.5) is 5.69 Å². The van der Waals surface area contributed by atoms with Gasteiger partial charge in [0.25, 0.3) is 0 Å². The number of rotatable bonds is 7. The summed E-state index contributed by atoms with van der Waals surface area (Å²) in [5.74, 6) is -0.0554. The zero-order chi connectivity index (χ0) is 18.2. The molecule has 0 spiro atoms. The van der Waals surface area contributed by atoms with Gasteiger partial charge in [-0.1, -0.05) is 66.7 Å². The topological polar surface area (TPSA) is 41.1 Å². The van der Waals surface area contributed by atoms with E-state index in [9.17, 15) is 4.79 Å². The van der Waals surface area contributed by atoms with E-state index in [1.165, 1.54) is 0 Å². The van der Waals surface area contributed by atoms with Crippen molar-refractivity contribution in [2.24, 2.45) is 0 Å².